The number of rotatable bonds is 10. The van der Waals surface area contributed by atoms with Crippen LogP contribution >= 0.6 is 38.6 Å². The Morgan fingerprint density at radius 1 is 0.900 bits per heavy atom. The van der Waals surface area contributed by atoms with Crippen LogP contribution in [0.1, 0.15) is 47.8 Å². The van der Waals surface area contributed by atoms with Gasteiger partial charge < -0.3 is 20.8 Å². The van der Waals surface area contributed by atoms with Crippen LogP contribution < -0.4 is 16.1 Å². The summed E-state index contributed by atoms with van der Waals surface area (Å²) in [5.74, 6) is -0.998. The van der Waals surface area contributed by atoms with Crippen molar-refractivity contribution in [3.63, 3.8) is 0 Å². The summed E-state index contributed by atoms with van der Waals surface area (Å²) in [6.45, 7) is 1.97. The van der Waals surface area contributed by atoms with Gasteiger partial charge in [0.2, 0.25) is 0 Å². The second-order valence-corrected chi connectivity index (χ2v) is 11.4. The smallest absolute Gasteiger partial charge is 0.281 e. The molecular formula is C28H25BrN4O5S2. The summed E-state index contributed by atoms with van der Waals surface area (Å²) in [5, 5.41) is 30.8. The molecule has 0 fully saturated rings. The number of aliphatic hydroxyl groups is 1. The van der Waals surface area contributed by atoms with Crippen LogP contribution in [0.3, 0.4) is 0 Å². The molecule has 3 amide bonds. The first-order valence-corrected chi connectivity index (χ1v) is 14.5. The van der Waals surface area contributed by atoms with Crippen molar-refractivity contribution in [1.82, 2.24) is 16.1 Å². The van der Waals surface area contributed by atoms with Gasteiger partial charge in [-0.05, 0) is 54.4 Å². The Hall–Kier alpha value is -3.84. The molecule has 0 atom stereocenters. The third kappa shape index (κ3) is 7.21. The fraction of sp³-hybridized carbons (Fsp3) is 0.143. The predicted octanol–water partition coefficient (Wildman–Crippen LogP) is 4.75. The van der Waals surface area contributed by atoms with Gasteiger partial charge in [0.05, 0.1) is 32.5 Å². The lowest BCUT2D eigenvalue weighted by Crippen LogP contribution is -2.26. The fourth-order valence-electron chi connectivity index (χ4n) is 3.56. The van der Waals surface area contributed by atoms with E-state index in [2.05, 4.69) is 37.1 Å². The largest absolute Gasteiger partial charge is 0.506 e. The number of aliphatic hydroxyl groups excluding tert-OH is 1. The predicted molar refractivity (Wildman–Crippen MR) is 160 cm³/mol. The van der Waals surface area contributed by atoms with Crippen molar-refractivity contribution in [2.24, 2.45) is 5.10 Å². The van der Waals surface area contributed by atoms with Gasteiger partial charge in [0.25, 0.3) is 17.7 Å². The maximum Gasteiger partial charge on any atom is 0.281 e. The third-order valence-corrected chi connectivity index (χ3v) is 8.34. The minimum atomic E-state index is -0.471. The second-order valence-electron chi connectivity index (χ2n) is 8.50. The van der Waals surface area contributed by atoms with E-state index in [0.29, 0.717) is 31.5 Å². The van der Waals surface area contributed by atoms with Crippen LogP contribution in [0.2, 0.25) is 0 Å². The number of nitrogens with one attached hydrogen (secondary N) is 3. The van der Waals surface area contributed by atoms with Crippen LogP contribution in [-0.4, -0.2) is 46.8 Å². The van der Waals surface area contributed by atoms with E-state index in [-0.39, 0.29) is 37.3 Å². The van der Waals surface area contributed by atoms with E-state index < -0.39 is 5.91 Å². The first kappa shape index (κ1) is 29.2. The minimum Gasteiger partial charge on any atom is -0.506 e. The molecule has 0 spiro atoms. The van der Waals surface area contributed by atoms with Crippen molar-refractivity contribution in [2.75, 3.05) is 13.2 Å². The monoisotopic (exact) mass is 640 g/mol. The molecule has 0 saturated carbocycles. The molecule has 0 aliphatic carbocycles. The van der Waals surface area contributed by atoms with Crippen LogP contribution in [0.15, 0.2) is 75.6 Å². The molecule has 40 heavy (non-hydrogen) atoms. The lowest BCUT2D eigenvalue weighted by Gasteiger charge is -2.06. The maximum atomic E-state index is 12.6. The number of nitrogens with zero attached hydrogens (tertiary/aromatic N) is 1. The Morgan fingerprint density at radius 3 is 2.25 bits per heavy atom. The lowest BCUT2D eigenvalue weighted by atomic mass is 10.1. The topological polar surface area (TPSA) is 140 Å². The van der Waals surface area contributed by atoms with E-state index in [1.807, 2.05) is 24.3 Å². The average Bonchev–Trinajstić information content (AvgIpc) is 3.61. The molecule has 2 heterocycles. The van der Waals surface area contributed by atoms with Gasteiger partial charge in [-0.1, -0.05) is 40.2 Å². The molecule has 0 aliphatic rings. The van der Waals surface area contributed by atoms with E-state index in [0.717, 1.165) is 26.9 Å². The van der Waals surface area contributed by atoms with Crippen molar-refractivity contribution in [3.8, 4) is 16.2 Å². The van der Waals surface area contributed by atoms with Gasteiger partial charge in [0.15, 0.2) is 0 Å². The normalized spacial score (nSPS) is 11.2. The molecule has 12 heteroatoms. The average molecular weight is 642 g/mol. The van der Waals surface area contributed by atoms with Crippen molar-refractivity contribution < 1.29 is 24.6 Å². The molecule has 4 rings (SSSR count). The minimum absolute atomic E-state index is 0.0949. The molecule has 9 nitrogen and oxygen atoms in total. The molecule has 4 aromatic rings. The Kier molecular flexibility index (Phi) is 9.83. The number of amides is 3. The van der Waals surface area contributed by atoms with Gasteiger partial charge in [-0.3, -0.25) is 14.4 Å². The molecule has 2 aromatic heterocycles. The van der Waals surface area contributed by atoms with Crippen molar-refractivity contribution in [2.45, 2.75) is 13.5 Å². The number of halogens is 1. The number of benzene rings is 2. The summed E-state index contributed by atoms with van der Waals surface area (Å²) in [6.07, 6.45) is 0. The number of carbonyl (C=O) groups excluding carboxylic acids is 3. The number of aromatic hydroxyl groups is 1. The Labute approximate surface area is 246 Å². The third-order valence-electron chi connectivity index (χ3n) is 5.71. The summed E-state index contributed by atoms with van der Waals surface area (Å²) in [7, 11) is 0. The van der Waals surface area contributed by atoms with E-state index >= 15 is 0 Å². The zero-order valence-corrected chi connectivity index (χ0v) is 24.5. The highest BCUT2D eigenvalue weighted by molar-refractivity contribution is 9.10. The maximum absolute atomic E-state index is 12.6. The van der Waals surface area contributed by atoms with Gasteiger partial charge in [0.1, 0.15) is 5.75 Å². The van der Waals surface area contributed by atoms with E-state index in [9.17, 15) is 19.5 Å². The summed E-state index contributed by atoms with van der Waals surface area (Å²) >= 11 is 5.81. The van der Waals surface area contributed by atoms with Gasteiger partial charge >= 0.3 is 0 Å². The van der Waals surface area contributed by atoms with Gasteiger partial charge in [0, 0.05) is 28.5 Å². The van der Waals surface area contributed by atoms with Crippen molar-refractivity contribution >= 4 is 62.0 Å². The molecular weight excluding hydrogens is 616 g/mol. The standard InChI is InChI=1S/C28H25BrN4O5S2/c1-16(21-15-39-25(24(21)35)18-6-8-20(29)9-7-18)32-33-28(38)23-11-10-22(40-23)27(37)31-14-17-2-4-19(5-3-17)26(36)30-12-13-34/h2-11,15,34-35H,12-14H2,1H3,(H,30,36)(H,31,37)(H,33,38)/b32-16-. The zero-order chi connectivity index (χ0) is 28.6. The van der Waals surface area contributed by atoms with E-state index in [1.54, 1.807) is 48.7 Å². The summed E-state index contributed by atoms with van der Waals surface area (Å²) < 4.78 is 0.940. The van der Waals surface area contributed by atoms with Crippen molar-refractivity contribution in [3.05, 3.63) is 97.0 Å². The van der Waals surface area contributed by atoms with Gasteiger partial charge in [-0.2, -0.15) is 5.10 Å². The number of carbonyl (C=O) groups is 3. The zero-order valence-electron chi connectivity index (χ0n) is 21.2. The molecule has 2 aromatic carbocycles. The molecule has 0 bridgehead atoms. The second kappa shape index (κ2) is 13.5. The number of hydrazone groups is 1. The SMILES string of the molecule is C/C(=N/NC(=O)c1ccc(C(=O)NCc2ccc(C(=O)NCCO)cc2)s1)c1csc(-c2ccc(Br)cc2)c1O. The van der Waals surface area contributed by atoms with Crippen molar-refractivity contribution in [1.29, 1.82) is 0 Å². The van der Waals surface area contributed by atoms with Crippen LogP contribution in [0, 0.1) is 0 Å². The number of hydrogen-bond donors (Lipinski definition) is 5. The molecule has 0 radical (unpaired) electrons. The first-order chi connectivity index (χ1) is 19.3. The Morgan fingerprint density at radius 2 is 1.57 bits per heavy atom. The summed E-state index contributed by atoms with van der Waals surface area (Å²) in [5.41, 5.74) is 5.57. The molecule has 206 valence electrons. The highest BCUT2D eigenvalue weighted by Crippen LogP contribution is 2.39. The number of hydrogen-bond acceptors (Lipinski definition) is 8. The quantitative estimate of drug-likeness (QED) is 0.126. The fourth-order valence-corrected chi connectivity index (χ4v) is 5.65. The van der Waals surface area contributed by atoms with E-state index in [1.165, 1.54) is 11.3 Å². The van der Waals surface area contributed by atoms with Crippen LogP contribution in [0.5, 0.6) is 5.75 Å². The molecule has 5 N–H and O–H groups in total. The highest BCUT2D eigenvalue weighted by Gasteiger charge is 2.17. The molecule has 0 unspecified atom stereocenters. The van der Waals surface area contributed by atoms with Crippen LogP contribution in [0.25, 0.3) is 10.4 Å². The van der Waals surface area contributed by atoms with Crippen LogP contribution in [-0.2, 0) is 6.54 Å². The molecule has 0 aliphatic heterocycles. The highest BCUT2D eigenvalue weighted by atomic mass is 79.9. The first-order valence-electron chi connectivity index (χ1n) is 12.0. The number of thiophene rings is 2. The van der Waals surface area contributed by atoms with Gasteiger partial charge in [-0.15, -0.1) is 22.7 Å². The Balaban J connectivity index is 1.32. The summed E-state index contributed by atoms with van der Waals surface area (Å²) in [4.78, 5) is 38.5. The Bertz CT molecular complexity index is 1550. The van der Waals surface area contributed by atoms with E-state index in [4.69, 9.17) is 5.11 Å². The molecule has 0 saturated heterocycles. The van der Waals surface area contributed by atoms with Gasteiger partial charge in [-0.25, -0.2) is 5.43 Å². The summed E-state index contributed by atoms with van der Waals surface area (Å²) in [6, 6.07) is 17.4. The van der Waals surface area contributed by atoms with Crippen LogP contribution in [0.4, 0.5) is 0 Å². The lowest BCUT2D eigenvalue weighted by molar-refractivity contribution is 0.0939.